The van der Waals surface area contributed by atoms with Crippen molar-refractivity contribution < 1.29 is 23.4 Å². The second kappa shape index (κ2) is 6.57. The van der Waals surface area contributed by atoms with Crippen molar-refractivity contribution in [3.63, 3.8) is 0 Å². The minimum atomic E-state index is -4.54. The summed E-state index contributed by atoms with van der Waals surface area (Å²) in [5, 5.41) is 23.2. The Morgan fingerprint density at radius 1 is 1.12 bits per heavy atom. The smallest absolute Gasteiger partial charge is 0.446 e. The predicted octanol–water partition coefficient (Wildman–Crippen LogP) is 3.99. The Kier molecular flexibility index (Phi) is 4.64. The molecule has 7 heteroatoms. The predicted molar refractivity (Wildman–Crippen MR) is 86.5 cm³/mol. The molecule has 128 valence electrons. The van der Waals surface area contributed by atoms with Gasteiger partial charge in [-0.05, 0) is 47.5 Å². The number of alkyl halides is 3. The highest BCUT2D eigenvalue weighted by Crippen LogP contribution is 2.49. The molecule has 1 unspecified atom stereocenters. The molecule has 1 aliphatic rings. The molecule has 2 aromatic carbocycles. The molecule has 2 aromatic rings. The average molecular weight is 355 g/mol. The molecule has 3 N–H and O–H groups in total. The number of hydrogen-bond acceptors (Lipinski definition) is 4. The van der Waals surface area contributed by atoms with Gasteiger partial charge in [-0.25, -0.2) is 0 Å². The van der Waals surface area contributed by atoms with E-state index < -0.39 is 17.0 Å². The van der Waals surface area contributed by atoms with E-state index in [9.17, 15) is 23.4 Å². The van der Waals surface area contributed by atoms with Crippen LogP contribution in [0.4, 0.5) is 13.2 Å². The summed E-state index contributed by atoms with van der Waals surface area (Å²) in [6.07, 6.45) is 0.352. The standard InChI is InChI=1S/C17H16F3NO2S/c18-17(19,20)24-16-11-6-7-21-9-13(10-4-2-1-3-5-10)12(11)8-14(22)15(16)23/h1-5,8,13,21-23H,6-7,9H2. The molecule has 0 aromatic heterocycles. The Morgan fingerprint density at radius 2 is 1.83 bits per heavy atom. The second-order valence-electron chi connectivity index (χ2n) is 5.61. The van der Waals surface area contributed by atoms with Crippen LogP contribution in [0, 0.1) is 0 Å². The van der Waals surface area contributed by atoms with Gasteiger partial charge in [0.25, 0.3) is 0 Å². The molecule has 0 amide bonds. The van der Waals surface area contributed by atoms with Gasteiger partial charge in [0, 0.05) is 12.5 Å². The number of hydrogen-bond donors (Lipinski definition) is 3. The highest BCUT2D eigenvalue weighted by molar-refractivity contribution is 8.00. The van der Waals surface area contributed by atoms with E-state index in [1.165, 1.54) is 6.07 Å². The fraction of sp³-hybridized carbons (Fsp3) is 0.294. The fourth-order valence-electron chi connectivity index (χ4n) is 3.04. The average Bonchev–Trinajstić information content (AvgIpc) is 2.74. The molecule has 3 rings (SSSR count). The maximum atomic E-state index is 12.9. The van der Waals surface area contributed by atoms with Crippen LogP contribution in [0.25, 0.3) is 0 Å². The number of aromatic hydroxyl groups is 2. The van der Waals surface area contributed by atoms with Gasteiger partial charge in [-0.1, -0.05) is 30.3 Å². The van der Waals surface area contributed by atoms with E-state index in [-0.39, 0.29) is 22.6 Å². The quantitative estimate of drug-likeness (QED) is 0.563. The van der Waals surface area contributed by atoms with Crippen LogP contribution >= 0.6 is 11.8 Å². The molecule has 24 heavy (non-hydrogen) atoms. The van der Waals surface area contributed by atoms with E-state index in [1.54, 1.807) is 0 Å². The van der Waals surface area contributed by atoms with Crippen LogP contribution in [-0.4, -0.2) is 28.8 Å². The third kappa shape index (κ3) is 3.47. The molecule has 0 radical (unpaired) electrons. The van der Waals surface area contributed by atoms with E-state index in [2.05, 4.69) is 5.32 Å². The van der Waals surface area contributed by atoms with Crippen molar-refractivity contribution in [1.29, 1.82) is 0 Å². The maximum Gasteiger partial charge on any atom is 0.446 e. The first-order valence-electron chi connectivity index (χ1n) is 7.46. The Bertz CT molecular complexity index is 735. The Hall–Kier alpha value is -1.86. The molecule has 1 heterocycles. The molecular weight excluding hydrogens is 339 g/mol. The minimum absolute atomic E-state index is 0.192. The summed E-state index contributed by atoms with van der Waals surface area (Å²) >= 11 is -0.375. The number of fused-ring (bicyclic) bond motifs is 1. The summed E-state index contributed by atoms with van der Waals surface area (Å²) in [4.78, 5) is -0.304. The van der Waals surface area contributed by atoms with E-state index in [4.69, 9.17) is 0 Å². The van der Waals surface area contributed by atoms with E-state index in [0.717, 1.165) is 5.56 Å². The Balaban J connectivity index is 2.17. The summed E-state index contributed by atoms with van der Waals surface area (Å²) < 4.78 is 38.7. The zero-order chi connectivity index (χ0) is 17.3. The number of benzene rings is 2. The van der Waals surface area contributed by atoms with E-state index in [0.29, 0.717) is 30.6 Å². The van der Waals surface area contributed by atoms with Crippen molar-refractivity contribution in [3.8, 4) is 11.5 Å². The lowest BCUT2D eigenvalue weighted by molar-refractivity contribution is -0.0329. The van der Waals surface area contributed by atoms with Crippen LogP contribution in [0.1, 0.15) is 22.6 Å². The lowest BCUT2D eigenvalue weighted by atomic mass is 9.87. The number of phenols is 2. The van der Waals surface area contributed by atoms with Gasteiger partial charge in [0.2, 0.25) is 0 Å². The summed E-state index contributed by atoms with van der Waals surface area (Å²) in [7, 11) is 0. The number of rotatable bonds is 2. The topological polar surface area (TPSA) is 52.5 Å². The van der Waals surface area contributed by atoms with Crippen LogP contribution in [-0.2, 0) is 6.42 Å². The SMILES string of the molecule is Oc1cc2c(c(SC(F)(F)F)c1O)CCNCC2c1ccccc1. The first kappa shape index (κ1) is 17.0. The first-order valence-corrected chi connectivity index (χ1v) is 8.27. The van der Waals surface area contributed by atoms with Crippen LogP contribution < -0.4 is 5.32 Å². The monoisotopic (exact) mass is 355 g/mol. The molecule has 1 aliphatic heterocycles. The van der Waals surface area contributed by atoms with Gasteiger partial charge in [0.15, 0.2) is 11.5 Å². The highest BCUT2D eigenvalue weighted by Gasteiger charge is 2.35. The molecule has 0 saturated heterocycles. The first-order chi connectivity index (χ1) is 11.4. The zero-order valence-electron chi connectivity index (χ0n) is 12.6. The molecule has 0 bridgehead atoms. The van der Waals surface area contributed by atoms with Gasteiger partial charge in [0.05, 0.1) is 4.90 Å². The summed E-state index contributed by atoms with van der Waals surface area (Å²) in [5.74, 6) is -1.42. The Morgan fingerprint density at radius 3 is 2.50 bits per heavy atom. The van der Waals surface area contributed by atoms with Gasteiger partial charge in [0.1, 0.15) is 0 Å². The van der Waals surface area contributed by atoms with Crippen LogP contribution in [0.5, 0.6) is 11.5 Å². The molecule has 3 nitrogen and oxygen atoms in total. The van der Waals surface area contributed by atoms with Gasteiger partial charge in [-0.3, -0.25) is 0 Å². The van der Waals surface area contributed by atoms with Crippen molar-refractivity contribution in [3.05, 3.63) is 53.1 Å². The van der Waals surface area contributed by atoms with Crippen molar-refractivity contribution in [2.24, 2.45) is 0 Å². The molecule has 0 spiro atoms. The van der Waals surface area contributed by atoms with Crippen molar-refractivity contribution >= 4 is 11.8 Å². The van der Waals surface area contributed by atoms with Crippen molar-refractivity contribution in [1.82, 2.24) is 5.32 Å². The molecule has 0 fully saturated rings. The molecule has 0 aliphatic carbocycles. The third-order valence-electron chi connectivity index (χ3n) is 4.07. The van der Waals surface area contributed by atoms with Crippen LogP contribution in [0.3, 0.4) is 0 Å². The number of nitrogens with one attached hydrogen (secondary N) is 1. The second-order valence-corrected chi connectivity index (χ2v) is 6.68. The van der Waals surface area contributed by atoms with Gasteiger partial charge >= 0.3 is 5.51 Å². The van der Waals surface area contributed by atoms with E-state index >= 15 is 0 Å². The number of halogens is 3. The molecular formula is C17H16F3NO2S. The highest BCUT2D eigenvalue weighted by atomic mass is 32.2. The third-order valence-corrected chi connectivity index (χ3v) is 4.94. The van der Waals surface area contributed by atoms with E-state index in [1.807, 2.05) is 30.3 Å². The summed E-state index contributed by atoms with van der Waals surface area (Å²) in [6, 6.07) is 10.8. The normalized spacial score (nSPS) is 18.0. The Labute approximate surface area is 141 Å². The summed E-state index contributed by atoms with van der Waals surface area (Å²) in [5.41, 5.74) is -2.54. The molecule has 0 saturated carbocycles. The molecule has 1 atom stereocenters. The zero-order valence-corrected chi connectivity index (χ0v) is 13.4. The fourth-order valence-corrected chi connectivity index (χ4v) is 3.82. The van der Waals surface area contributed by atoms with Crippen molar-refractivity contribution in [2.45, 2.75) is 22.7 Å². The van der Waals surface area contributed by atoms with Crippen LogP contribution in [0.2, 0.25) is 0 Å². The largest absolute Gasteiger partial charge is 0.504 e. The van der Waals surface area contributed by atoms with Gasteiger partial charge in [-0.2, -0.15) is 13.2 Å². The van der Waals surface area contributed by atoms with Gasteiger partial charge in [-0.15, -0.1) is 0 Å². The minimum Gasteiger partial charge on any atom is -0.504 e. The number of phenolic OH excluding ortho intramolecular Hbond substituents is 2. The van der Waals surface area contributed by atoms with Crippen molar-refractivity contribution in [2.75, 3.05) is 13.1 Å². The van der Waals surface area contributed by atoms with Gasteiger partial charge < -0.3 is 15.5 Å². The lowest BCUT2D eigenvalue weighted by Gasteiger charge is -2.21. The summed E-state index contributed by atoms with van der Waals surface area (Å²) in [6.45, 7) is 1.06. The van der Waals surface area contributed by atoms with Crippen LogP contribution in [0.15, 0.2) is 41.3 Å². The number of thioether (sulfide) groups is 1. The maximum absolute atomic E-state index is 12.9. The lowest BCUT2D eigenvalue weighted by Crippen LogP contribution is -2.20.